The minimum atomic E-state index is 0.756. The van der Waals surface area contributed by atoms with Crippen LogP contribution in [0, 0.1) is 0 Å². The van der Waals surface area contributed by atoms with Crippen LogP contribution in [0.25, 0.3) is 32.0 Å². The van der Waals surface area contributed by atoms with Crippen LogP contribution in [0.4, 0.5) is 0 Å². The fraction of sp³-hybridized carbons (Fsp3) is 0. The van der Waals surface area contributed by atoms with Gasteiger partial charge in [-0.3, -0.25) is 4.79 Å². The molecule has 0 unspecified atom stereocenters. The number of hydrogen-bond donors (Lipinski definition) is 0. The first-order valence-electron chi connectivity index (χ1n) is 6.94. The van der Waals surface area contributed by atoms with Crippen LogP contribution in [0.3, 0.4) is 0 Å². The summed E-state index contributed by atoms with van der Waals surface area (Å²) in [7, 11) is 0. The molecule has 0 spiro atoms. The Bertz CT molecular complexity index is 959. The molecule has 1 heterocycles. The molecule has 0 aliphatic rings. The molecule has 1 aromatic heterocycles. The fourth-order valence-electron chi connectivity index (χ4n) is 2.89. The molecule has 0 bridgehead atoms. The molecule has 0 aliphatic heterocycles. The van der Waals surface area contributed by atoms with E-state index in [0.717, 1.165) is 20.5 Å². The van der Waals surface area contributed by atoms with Crippen molar-refractivity contribution in [3.8, 4) is 10.4 Å². The monoisotopic (exact) mass is 366 g/mol. The van der Waals surface area contributed by atoms with Crippen LogP contribution >= 0.6 is 27.3 Å². The lowest BCUT2D eigenvalue weighted by Crippen LogP contribution is -1.85. The molecule has 0 amide bonds. The summed E-state index contributed by atoms with van der Waals surface area (Å²) < 4.78 is 1.12. The Morgan fingerprint density at radius 3 is 1.82 bits per heavy atom. The zero-order valence-electron chi connectivity index (χ0n) is 11.5. The van der Waals surface area contributed by atoms with E-state index in [1.807, 2.05) is 12.1 Å². The fourth-order valence-corrected chi connectivity index (χ4v) is 4.48. The van der Waals surface area contributed by atoms with Crippen molar-refractivity contribution in [2.24, 2.45) is 0 Å². The number of carbonyl (C=O) groups excluding carboxylic acids is 1. The molecule has 0 atom stereocenters. The normalized spacial score (nSPS) is 11.1. The lowest BCUT2D eigenvalue weighted by molar-refractivity contribution is 0.112. The minimum Gasteiger partial charge on any atom is -0.297 e. The Balaban J connectivity index is 2.22. The standard InChI is InChI=1S/C19H11BrOS/c20-19-15-7-3-1-5-13(15)18(14-6-2-4-8-16(14)19)17-10-9-12(11-21)22-17/h1-11H. The Morgan fingerprint density at radius 1 is 0.773 bits per heavy atom. The van der Waals surface area contributed by atoms with Crippen LogP contribution in [-0.2, 0) is 0 Å². The zero-order chi connectivity index (χ0) is 15.1. The second kappa shape index (κ2) is 5.34. The molecule has 1 nitrogen and oxygen atoms in total. The van der Waals surface area contributed by atoms with Gasteiger partial charge in [-0.15, -0.1) is 11.3 Å². The van der Waals surface area contributed by atoms with E-state index in [-0.39, 0.29) is 0 Å². The van der Waals surface area contributed by atoms with Gasteiger partial charge in [0.25, 0.3) is 0 Å². The van der Waals surface area contributed by atoms with Crippen LogP contribution in [0.5, 0.6) is 0 Å². The van der Waals surface area contributed by atoms with Crippen molar-refractivity contribution in [1.82, 2.24) is 0 Å². The third kappa shape index (κ3) is 2.01. The highest BCUT2D eigenvalue weighted by Crippen LogP contribution is 2.43. The van der Waals surface area contributed by atoms with Crippen molar-refractivity contribution in [2.45, 2.75) is 0 Å². The Morgan fingerprint density at radius 2 is 1.32 bits per heavy atom. The summed E-state index contributed by atoms with van der Waals surface area (Å²) in [5.41, 5.74) is 1.20. The predicted molar refractivity (Wildman–Crippen MR) is 97.9 cm³/mol. The molecule has 22 heavy (non-hydrogen) atoms. The summed E-state index contributed by atoms with van der Waals surface area (Å²) in [6, 6.07) is 20.7. The quantitative estimate of drug-likeness (QED) is 0.300. The molecule has 3 aromatic carbocycles. The number of aldehydes is 1. The summed E-state index contributed by atoms with van der Waals surface area (Å²) in [5, 5.41) is 4.79. The number of carbonyl (C=O) groups is 1. The molecule has 4 aromatic rings. The lowest BCUT2D eigenvalue weighted by atomic mass is 9.96. The number of rotatable bonds is 2. The van der Waals surface area contributed by atoms with E-state index in [2.05, 4.69) is 64.5 Å². The van der Waals surface area contributed by atoms with Gasteiger partial charge < -0.3 is 0 Å². The van der Waals surface area contributed by atoms with Gasteiger partial charge in [0, 0.05) is 14.9 Å². The van der Waals surface area contributed by atoms with Crippen molar-refractivity contribution in [3.05, 3.63) is 70.0 Å². The summed E-state index contributed by atoms with van der Waals surface area (Å²) in [4.78, 5) is 12.9. The molecule has 3 heteroatoms. The lowest BCUT2D eigenvalue weighted by Gasteiger charge is -2.12. The SMILES string of the molecule is O=Cc1ccc(-c2c3ccccc3c(Br)c3ccccc23)s1. The maximum atomic E-state index is 11.0. The topological polar surface area (TPSA) is 17.1 Å². The van der Waals surface area contributed by atoms with Crippen molar-refractivity contribution in [1.29, 1.82) is 0 Å². The Labute approximate surface area is 140 Å². The number of thiophene rings is 1. The second-order valence-electron chi connectivity index (χ2n) is 5.10. The minimum absolute atomic E-state index is 0.756. The molecule has 0 saturated heterocycles. The third-order valence-corrected chi connectivity index (χ3v) is 5.74. The van der Waals surface area contributed by atoms with Gasteiger partial charge in [0.15, 0.2) is 6.29 Å². The van der Waals surface area contributed by atoms with Gasteiger partial charge in [-0.05, 0) is 49.6 Å². The summed E-state index contributed by atoms with van der Waals surface area (Å²) in [6.45, 7) is 0. The van der Waals surface area contributed by atoms with Gasteiger partial charge in [-0.25, -0.2) is 0 Å². The summed E-state index contributed by atoms with van der Waals surface area (Å²) >= 11 is 5.29. The van der Waals surface area contributed by atoms with Crippen LogP contribution < -0.4 is 0 Å². The molecule has 106 valence electrons. The number of halogens is 1. The van der Waals surface area contributed by atoms with Crippen molar-refractivity contribution < 1.29 is 4.79 Å². The van der Waals surface area contributed by atoms with Crippen LogP contribution in [0.1, 0.15) is 9.67 Å². The molecule has 0 aliphatic carbocycles. The van der Waals surface area contributed by atoms with E-state index in [9.17, 15) is 4.79 Å². The van der Waals surface area contributed by atoms with Crippen molar-refractivity contribution in [2.75, 3.05) is 0 Å². The van der Waals surface area contributed by atoms with Crippen LogP contribution in [-0.4, -0.2) is 6.29 Å². The molecular formula is C19H11BrOS. The molecule has 0 fully saturated rings. The Hall–Kier alpha value is -1.97. The number of fused-ring (bicyclic) bond motifs is 2. The Kier molecular flexibility index (Phi) is 3.32. The summed E-state index contributed by atoms with van der Waals surface area (Å²) in [6.07, 6.45) is 0.914. The molecule has 0 saturated carbocycles. The van der Waals surface area contributed by atoms with E-state index in [4.69, 9.17) is 0 Å². The molecule has 4 rings (SSSR count). The highest BCUT2D eigenvalue weighted by molar-refractivity contribution is 9.10. The second-order valence-corrected chi connectivity index (χ2v) is 7.01. The third-order valence-electron chi connectivity index (χ3n) is 3.86. The van der Waals surface area contributed by atoms with E-state index in [1.54, 1.807) is 0 Å². The average molecular weight is 367 g/mol. The van der Waals surface area contributed by atoms with Crippen molar-refractivity contribution in [3.63, 3.8) is 0 Å². The van der Waals surface area contributed by atoms with E-state index in [0.29, 0.717) is 0 Å². The highest BCUT2D eigenvalue weighted by atomic mass is 79.9. The largest absolute Gasteiger partial charge is 0.297 e. The van der Waals surface area contributed by atoms with Crippen molar-refractivity contribution >= 4 is 55.1 Å². The maximum Gasteiger partial charge on any atom is 0.160 e. The molecular weight excluding hydrogens is 356 g/mol. The van der Waals surface area contributed by atoms with Gasteiger partial charge in [-0.2, -0.15) is 0 Å². The zero-order valence-corrected chi connectivity index (χ0v) is 13.9. The van der Waals surface area contributed by atoms with Gasteiger partial charge >= 0.3 is 0 Å². The number of benzene rings is 3. The van der Waals surface area contributed by atoms with Gasteiger partial charge in [0.2, 0.25) is 0 Å². The predicted octanol–water partition coefficient (Wildman–Crippen LogP) is 6.30. The average Bonchev–Trinajstić information content (AvgIpc) is 3.04. The highest BCUT2D eigenvalue weighted by Gasteiger charge is 2.14. The van der Waals surface area contributed by atoms with Gasteiger partial charge in [-0.1, -0.05) is 48.5 Å². The van der Waals surface area contributed by atoms with E-state index >= 15 is 0 Å². The van der Waals surface area contributed by atoms with E-state index in [1.165, 1.54) is 38.4 Å². The first kappa shape index (κ1) is 13.7. The van der Waals surface area contributed by atoms with Gasteiger partial charge in [0.05, 0.1) is 4.88 Å². The maximum absolute atomic E-state index is 11.0. The summed E-state index contributed by atoms with van der Waals surface area (Å²) in [5.74, 6) is 0. The first-order chi connectivity index (χ1) is 10.8. The number of hydrogen-bond acceptors (Lipinski definition) is 2. The van der Waals surface area contributed by atoms with Crippen LogP contribution in [0.2, 0.25) is 0 Å². The van der Waals surface area contributed by atoms with Gasteiger partial charge in [0.1, 0.15) is 0 Å². The first-order valence-corrected chi connectivity index (χ1v) is 8.55. The molecule has 0 N–H and O–H groups in total. The van der Waals surface area contributed by atoms with E-state index < -0.39 is 0 Å². The van der Waals surface area contributed by atoms with Crippen LogP contribution in [0.15, 0.2) is 65.1 Å². The molecule has 0 radical (unpaired) electrons. The smallest absolute Gasteiger partial charge is 0.160 e.